The van der Waals surface area contributed by atoms with E-state index in [-0.39, 0.29) is 0 Å². The average Bonchev–Trinajstić information content (AvgIpc) is 2.73. The molecule has 3 heterocycles. The number of pyridine rings is 1. The van der Waals surface area contributed by atoms with Crippen LogP contribution in [-0.4, -0.2) is 27.4 Å². The van der Waals surface area contributed by atoms with Crippen LogP contribution in [0, 0.1) is 0 Å². The van der Waals surface area contributed by atoms with Crippen molar-refractivity contribution in [3.05, 3.63) is 34.7 Å². The van der Waals surface area contributed by atoms with Crippen LogP contribution >= 0.6 is 15.9 Å². The summed E-state index contributed by atoms with van der Waals surface area (Å²) >= 11 is 3.48. The molecule has 0 radical (unpaired) electrons. The normalized spacial score (nSPS) is 17.7. The summed E-state index contributed by atoms with van der Waals surface area (Å²) in [6.07, 6.45) is 8.14. The standard InChI is InChI=1S/C13H16BrN3/c14-11-4-7-17-12(9-15-13(17)8-11)10-16-5-2-1-3-6-16/h4,7-9H,1-3,5-6,10H2. The molecule has 1 aliphatic rings. The molecule has 0 aliphatic carbocycles. The first-order valence-electron chi connectivity index (χ1n) is 6.17. The molecule has 1 saturated heterocycles. The van der Waals surface area contributed by atoms with Gasteiger partial charge in [0.05, 0.1) is 11.9 Å². The number of nitrogens with zero attached hydrogens (tertiary/aromatic N) is 3. The summed E-state index contributed by atoms with van der Waals surface area (Å²) in [4.78, 5) is 6.97. The van der Waals surface area contributed by atoms with Gasteiger partial charge in [-0.2, -0.15) is 0 Å². The van der Waals surface area contributed by atoms with Crippen molar-refractivity contribution < 1.29 is 0 Å². The summed E-state index contributed by atoms with van der Waals surface area (Å²) in [6, 6.07) is 4.12. The number of hydrogen-bond acceptors (Lipinski definition) is 2. The Morgan fingerprint density at radius 1 is 1.24 bits per heavy atom. The zero-order valence-corrected chi connectivity index (χ0v) is 11.4. The minimum Gasteiger partial charge on any atom is -0.303 e. The fourth-order valence-corrected chi connectivity index (χ4v) is 2.79. The monoisotopic (exact) mass is 293 g/mol. The number of piperidine rings is 1. The van der Waals surface area contributed by atoms with Gasteiger partial charge in [0.1, 0.15) is 5.65 Å². The lowest BCUT2D eigenvalue weighted by molar-refractivity contribution is 0.218. The second kappa shape index (κ2) is 4.78. The number of halogens is 1. The molecule has 0 spiro atoms. The first-order chi connectivity index (χ1) is 8.33. The summed E-state index contributed by atoms with van der Waals surface area (Å²) in [6.45, 7) is 3.47. The molecular formula is C13H16BrN3. The fourth-order valence-electron chi connectivity index (χ4n) is 2.47. The number of hydrogen-bond donors (Lipinski definition) is 0. The Morgan fingerprint density at radius 3 is 2.88 bits per heavy atom. The van der Waals surface area contributed by atoms with E-state index in [9.17, 15) is 0 Å². The minimum atomic E-state index is 1.02. The van der Waals surface area contributed by atoms with Crippen LogP contribution in [0.15, 0.2) is 29.0 Å². The van der Waals surface area contributed by atoms with E-state index in [0.29, 0.717) is 0 Å². The maximum atomic E-state index is 4.45. The van der Waals surface area contributed by atoms with Gasteiger partial charge in [-0.3, -0.25) is 4.90 Å². The minimum absolute atomic E-state index is 1.02. The number of fused-ring (bicyclic) bond motifs is 1. The number of aromatic nitrogens is 2. The van der Waals surface area contributed by atoms with Crippen molar-refractivity contribution in [3.63, 3.8) is 0 Å². The van der Waals surface area contributed by atoms with Crippen molar-refractivity contribution >= 4 is 21.6 Å². The van der Waals surface area contributed by atoms with Crippen LogP contribution in [-0.2, 0) is 6.54 Å². The molecule has 2 aromatic rings. The molecule has 0 saturated carbocycles. The summed E-state index contributed by atoms with van der Waals surface area (Å²) in [5.41, 5.74) is 2.31. The molecule has 2 aromatic heterocycles. The predicted molar refractivity (Wildman–Crippen MR) is 72.0 cm³/mol. The number of imidazole rings is 1. The lowest BCUT2D eigenvalue weighted by Crippen LogP contribution is -2.29. The zero-order chi connectivity index (χ0) is 11.7. The van der Waals surface area contributed by atoms with E-state index >= 15 is 0 Å². The van der Waals surface area contributed by atoms with Gasteiger partial charge in [-0.25, -0.2) is 4.98 Å². The second-order valence-electron chi connectivity index (χ2n) is 4.66. The van der Waals surface area contributed by atoms with Gasteiger partial charge in [-0.05, 0) is 38.1 Å². The summed E-state index contributed by atoms with van der Waals surface area (Å²) in [5.74, 6) is 0. The lowest BCUT2D eigenvalue weighted by Gasteiger charge is -2.25. The smallest absolute Gasteiger partial charge is 0.138 e. The first-order valence-corrected chi connectivity index (χ1v) is 6.96. The Bertz CT molecular complexity index is 514. The molecule has 3 nitrogen and oxygen atoms in total. The molecule has 90 valence electrons. The molecule has 3 rings (SSSR count). The van der Waals surface area contributed by atoms with Gasteiger partial charge in [0.25, 0.3) is 0 Å². The highest BCUT2D eigenvalue weighted by molar-refractivity contribution is 9.10. The van der Waals surface area contributed by atoms with E-state index in [0.717, 1.165) is 16.7 Å². The first kappa shape index (κ1) is 11.2. The summed E-state index contributed by atoms with van der Waals surface area (Å²) in [7, 11) is 0. The maximum Gasteiger partial charge on any atom is 0.138 e. The Kier molecular flexibility index (Phi) is 3.16. The third kappa shape index (κ3) is 2.38. The van der Waals surface area contributed by atoms with Crippen molar-refractivity contribution in [1.82, 2.24) is 14.3 Å². The fraction of sp³-hybridized carbons (Fsp3) is 0.462. The van der Waals surface area contributed by atoms with Crippen LogP contribution in [0.5, 0.6) is 0 Å². The predicted octanol–water partition coefficient (Wildman–Crippen LogP) is 3.08. The van der Waals surface area contributed by atoms with Gasteiger partial charge < -0.3 is 4.40 Å². The van der Waals surface area contributed by atoms with Crippen molar-refractivity contribution in [3.8, 4) is 0 Å². The van der Waals surface area contributed by atoms with Gasteiger partial charge in [-0.1, -0.05) is 22.4 Å². The number of rotatable bonds is 2. The van der Waals surface area contributed by atoms with Crippen LogP contribution in [0.1, 0.15) is 25.0 Å². The Hall–Kier alpha value is -0.870. The van der Waals surface area contributed by atoms with E-state index in [1.807, 2.05) is 6.20 Å². The number of likely N-dealkylation sites (tertiary alicyclic amines) is 1. The Labute approximate surface area is 110 Å². The Balaban J connectivity index is 1.84. The topological polar surface area (TPSA) is 20.5 Å². The van der Waals surface area contributed by atoms with E-state index in [1.54, 1.807) is 0 Å². The molecule has 1 aliphatic heterocycles. The highest BCUT2D eigenvalue weighted by Crippen LogP contribution is 2.17. The van der Waals surface area contributed by atoms with Gasteiger partial charge in [0.15, 0.2) is 0 Å². The van der Waals surface area contributed by atoms with Crippen LogP contribution in [0.2, 0.25) is 0 Å². The SMILES string of the molecule is Brc1ccn2c(CN3CCCCC3)cnc2c1. The molecular weight excluding hydrogens is 278 g/mol. The molecule has 0 amide bonds. The van der Waals surface area contributed by atoms with Crippen molar-refractivity contribution in [2.45, 2.75) is 25.8 Å². The van der Waals surface area contributed by atoms with E-state index in [2.05, 4.69) is 48.5 Å². The van der Waals surface area contributed by atoms with E-state index in [1.165, 1.54) is 38.0 Å². The highest BCUT2D eigenvalue weighted by Gasteiger charge is 2.12. The van der Waals surface area contributed by atoms with Crippen molar-refractivity contribution in [2.75, 3.05) is 13.1 Å². The molecule has 1 fully saturated rings. The zero-order valence-electron chi connectivity index (χ0n) is 9.77. The largest absolute Gasteiger partial charge is 0.303 e. The van der Waals surface area contributed by atoms with Crippen LogP contribution in [0.4, 0.5) is 0 Å². The highest BCUT2D eigenvalue weighted by atomic mass is 79.9. The van der Waals surface area contributed by atoms with E-state index < -0.39 is 0 Å². The third-order valence-corrected chi connectivity index (χ3v) is 3.88. The van der Waals surface area contributed by atoms with Gasteiger partial charge in [0, 0.05) is 17.2 Å². The van der Waals surface area contributed by atoms with Crippen LogP contribution in [0.25, 0.3) is 5.65 Å². The molecule has 0 aromatic carbocycles. The van der Waals surface area contributed by atoms with Crippen molar-refractivity contribution in [1.29, 1.82) is 0 Å². The van der Waals surface area contributed by atoms with E-state index in [4.69, 9.17) is 0 Å². The van der Waals surface area contributed by atoms with Crippen LogP contribution < -0.4 is 0 Å². The van der Waals surface area contributed by atoms with Crippen molar-refractivity contribution in [2.24, 2.45) is 0 Å². The lowest BCUT2D eigenvalue weighted by atomic mass is 10.1. The maximum absolute atomic E-state index is 4.45. The molecule has 0 N–H and O–H groups in total. The second-order valence-corrected chi connectivity index (χ2v) is 5.58. The van der Waals surface area contributed by atoms with Crippen LogP contribution in [0.3, 0.4) is 0 Å². The van der Waals surface area contributed by atoms with Gasteiger partial charge >= 0.3 is 0 Å². The quantitative estimate of drug-likeness (QED) is 0.848. The summed E-state index contributed by atoms with van der Waals surface area (Å²) in [5, 5.41) is 0. The molecule has 0 bridgehead atoms. The Morgan fingerprint density at radius 2 is 2.06 bits per heavy atom. The molecule has 0 atom stereocenters. The molecule has 4 heteroatoms. The third-order valence-electron chi connectivity index (χ3n) is 3.39. The average molecular weight is 294 g/mol. The summed E-state index contributed by atoms with van der Waals surface area (Å²) < 4.78 is 3.26. The molecule has 17 heavy (non-hydrogen) atoms. The van der Waals surface area contributed by atoms with Gasteiger partial charge in [-0.15, -0.1) is 0 Å². The molecule has 0 unspecified atom stereocenters. The van der Waals surface area contributed by atoms with Gasteiger partial charge in [0.2, 0.25) is 0 Å².